The lowest BCUT2D eigenvalue weighted by Crippen LogP contribution is -1.99. The highest BCUT2D eigenvalue weighted by Gasteiger charge is 2.11. The fraction of sp³-hybridized carbons (Fsp3) is 0.188. The van der Waals surface area contributed by atoms with Crippen LogP contribution in [0.15, 0.2) is 47.6 Å². The molecule has 0 saturated heterocycles. The molecule has 1 N–H and O–H groups in total. The van der Waals surface area contributed by atoms with Crippen LogP contribution in [0.1, 0.15) is 11.1 Å². The molecular weight excluding hydrogens is 312 g/mol. The van der Waals surface area contributed by atoms with E-state index in [1.807, 2.05) is 19.1 Å². The number of aromatic hydroxyl groups is 1. The largest absolute Gasteiger partial charge is 0.508 e. The lowest BCUT2D eigenvalue weighted by Gasteiger charge is -2.09. The van der Waals surface area contributed by atoms with Gasteiger partial charge in [-0.25, -0.2) is 0 Å². The molecule has 0 spiro atoms. The minimum atomic E-state index is 0.209. The summed E-state index contributed by atoms with van der Waals surface area (Å²) in [7, 11) is 1.67. The lowest BCUT2D eigenvalue weighted by atomic mass is 10.1. The highest BCUT2D eigenvalue weighted by molar-refractivity contribution is 7.98. The van der Waals surface area contributed by atoms with Gasteiger partial charge in [0.15, 0.2) is 0 Å². The van der Waals surface area contributed by atoms with Crippen LogP contribution in [-0.4, -0.2) is 32.4 Å². The highest BCUT2D eigenvalue weighted by atomic mass is 32.2. The van der Waals surface area contributed by atoms with Gasteiger partial charge in [-0.1, -0.05) is 29.5 Å². The second-order valence-electron chi connectivity index (χ2n) is 4.99. The van der Waals surface area contributed by atoms with Crippen molar-refractivity contribution >= 4 is 11.8 Å². The van der Waals surface area contributed by atoms with Gasteiger partial charge in [-0.15, -0.1) is 5.10 Å². The van der Waals surface area contributed by atoms with Gasteiger partial charge in [0, 0.05) is 11.3 Å². The Bertz CT molecular complexity index is 802. The van der Waals surface area contributed by atoms with Gasteiger partial charge in [0.25, 0.3) is 0 Å². The summed E-state index contributed by atoms with van der Waals surface area (Å²) >= 11 is 1.53. The Morgan fingerprint density at radius 3 is 2.70 bits per heavy atom. The number of tetrazole rings is 1. The Balaban J connectivity index is 1.81. The molecule has 1 aromatic heterocycles. The molecule has 1 heterocycles. The maximum Gasteiger partial charge on any atom is 0.214 e. The summed E-state index contributed by atoms with van der Waals surface area (Å²) in [5.41, 5.74) is 3.07. The van der Waals surface area contributed by atoms with Crippen LogP contribution in [-0.2, 0) is 5.75 Å². The molecule has 118 valence electrons. The minimum Gasteiger partial charge on any atom is -0.508 e. The van der Waals surface area contributed by atoms with Crippen molar-refractivity contribution in [2.45, 2.75) is 17.8 Å². The molecule has 23 heavy (non-hydrogen) atoms. The second-order valence-corrected chi connectivity index (χ2v) is 5.94. The molecule has 3 rings (SSSR count). The van der Waals surface area contributed by atoms with Crippen LogP contribution in [0.5, 0.6) is 11.5 Å². The van der Waals surface area contributed by atoms with Crippen LogP contribution in [0.2, 0.25) is 0 Å². The van der Waals surface area contributed by atoms with E-state index in [0.29, 0.717) is 10.9 Å². The SMILES string of the molecule is COc1ccc(C)cc1CSc1nnnn1-c1ccc(O)cc1. The molecule has 3 aromatic rings. The summed E-state index contributed by atoms with van der Waals surface area (Å²) in [4.78, 5) is 0. The Hall–Kier alpha value is -2.54. The maximum atomic E-state index is 9.38. The van der Waals surface area contributed by atoms with E-state index in [1.165, 1.54) is 17.3 Å². The maximum absolute atomic E-state index is 9.38. The molecule has 0 saturated carbocycles. The first-order valence-corrected chi connectivity index (χ1v) is 8.00. The minimum absolute atomic E-state index is 0.209. The zero-order valence-electron chi connectivity index (χ0n) is 12.8. The molecule has 0 aliphatic heterocycles. The number of hydrogen-bond acceptors (Lipinski definition) is 6. The number of nitrogens with zero attached hydrogens (tertiary/aromatic N) is 4. The number of aryl methyl sites for hydroxylation is 1. The molecule has 0 aliphatic carbocycles. The van der Waals surface area contributed by atoms with Gasteiger partial charge < -0.3 is 9.84 Å². The van der Waals surface area contributed by atoms with Gasteiger partial charge in [0.05, 0.1) is 12.8 Å². The van der Waals surface area contributed by atoms with Crippen molar-refractivity contribution in [3.8, 4) is 17.2 Å². The van der Waals surface area contributed by atoms with Gasteiger partial charge in [0.1, 0.15) is 11.5 Å². The zero-order chi connectivity index (χ0) is 16.2. The average Bonchev–Trinajstić information content (AvgIpc) is 3.02. The number of hydrogen-bond donors (Lipinski definition) is 1. The van der Waals surface area contributed by atoms with Crippen LogP contribution in [0.3, 0.4) is 0 Å². The predicted molar refractivity (Wildman–Crippen MR) is 88.1 cm³/mol. The normalized spacial score (nSPS) is 10.7. The summed E-state index contributed by atoms with van der Waals surface area (Å²) in [6, 6.07) is 12.8. The van der Waals surface area contributed by atoms with E-state index in [0.717, 1.165) is 17.0 Å². The van der Waals surface area contributed by atoms with E-state index < -0.39 is 0 Å². The third-order valence-corrected chi connectivity index (χ3v) is 4.30. The van der Waals surface area contributed by atoms with Gasteiger partial charge in [0.2, 0.25) is 5.16 Å². The van der Waals surface area contributed by atoms with Crippen molar-refractivity contribution in [2.75, 3.05) is 7.11 Å². The quantitative estimate of drug-likeness (QED) is 0.726. The molecule has 0 aliphatic rings. The van der Waals surface area contributed by atoms with Gasteiger partial charge in [-0.05, 0) is 47.7 Å². The van der Waals surface area contributed by atoms with Gasteiger partial charge in [-0.3, -0.25) is 0 Å². The third kappa shape index (κ3) is 3.45. The van der Waals surface area contributed by atoms with Crippen molar-refractivity contribution in [1.82, 2.24) is 20.2 Å². The van der Waals surface area contributed by atoms with Crippen LogP contribution in [0.25, 0.3) is 5.69 Å². The van der Waals surface area contributed by atoms with Crippen LogP contribution >= 0.6 is 11.8 Å². The number of aromatic nitrogens is 4. The smallest absolute Gasteiger partial charge is 0.214 e. The standard InChI is InChI=1S/C16H16N4O2S/c1-11-3-8-15(22-2)12(9-11)10-23-16-17-18-19-20(16)13-4-6-14(21)7-5-13/h3-9,21H,10H2,1-2H3. The number of ether oxygens (including phenoxy) is 1. The van der Waals surface area contributed by atoms with E-state index in [-0.39, 0.29) is 5.75 Å². The summed E-state index contributed by atoms with van der Waals surface area (Å²) in [5, 5.41) is 21.9. The van der Waals surface area contributed by atoms with Crippen molar-refractivity contribution in [3.63, 3.8) is 0 Å². The van der Waals surface area contributed by atoms with Crippen LogP contribution in [0.4, 0.5) is 0 Å². The number of phenolic OH excluding ortho intramolecular Hbond substituents is 1. The first-order chi connectivity index (χ1) is 11.2. The Labute approximate surface area is 138 Å². The molecule has 0 unspecified atom stereocenters. The number of rotatable bonds is 5. The van der Waals surface area contributed by atoms with Crippen molar-refractivity contribution in [2.24, 2.45) is 0 Å². The Morgan fingerprint density at radius 1 is 1.17 bits per heavy atom. The molecule has 0 fully saturated rings. The highest BCUT2D eigenvalue weighted by Crippen LogP contribution is 2.28. The monoisotopic (exact) mass is 328 g/mol. The van der Waals surface area contributed by atoms with E-state index in [4.69, 9.17) is 4.74 Å². The number of benzene rings is 2. The van der Waals surface area contributed by atoms with Crippen molar-refractivity contribution < 1.29 is 9.84 Å². The fourth-order valence-corrected chi connectivity index (χ4v) is 3.06. The summed E-state index contributed by atoms with van der Waals surface area (Å²) in [5.74, 6) is 1.76. The summed E-state index contributed by atoms with van der Waals surface area (Å²) in [6.45, 7) is 2.05. The molecule has 0 atom stereocenters. The van der Waals surface area contributed by atoms with Gasteiger partial charge >= 0.3 is 0 Å². The summed E-state index contributed by atoms with van der Waals surface area (Å²) < 4.78 is 7.04. The molecule has 2 aromatic carbocycles. The molecule has 0 bridgehead atoms. The number of phenols is 1. The summed E-state index contributed by atoms with van der Waals surface area (Å²) in [6.07, 6.45) is 0. The van der Waals surface area contributed by atoms with E-state index >= 15 is 0 Å². The predicted octanol–water partition coefficient (Wildman–Crippen LogP) is 2.98. The average molecular weight is 328 g/mol. The molecule has 0 radical (unpaired) electrons. The zero-order valence-corrected chi connectivity index (χ0v) is 13.6. The van der Waals surface area contributed by atoms with Gasteiger partial charge in [-0.2, -0.15) is 4.68 Å². The first-order valence-electron chi connectivity index (χ1n) is 7.01. The fourth-order valence-electron chi connectivity index (χ4n) is 2.19. The Kier molecular flexibility index (Phi) is 4.47. The van der Waals surface area contributed by atoms with E-state index in [1.54, 1.807) is 36.1 Å². The van der Waals surface area contributed by atoms with E-state index in [9.17, 15) is 5.11 Å². The molecule has 6 nitrogen and oxygen atoms in total. The van der Waals surface area contributed by atoms with E-state index in [2.05, 4.69) is 21.6 Å². The number of methoxy groups -OCH3 is 1. The molecular formula is C16H16N4O2S. The Morgan fingerprint density at radius 2 is 1.96 bits per heavy atom. The molecule has 7 heteroatoms. The number of thioether (sulfide) groups is 1. The van der Waals surface area contributed by atoms with Crippen molar-refractivity contribution in [1.29, 1.82) is 0 Å². The van der Waals surface area contributed by atoms with Crippen LogP contribution in [0, 0.1) is 6.92 Å². The molecule has 0 amide bonds. The first kappa shape index (κ1) is 15.4. The second kappa shape index (κ2) is 6.70. The topological polar surface area (TPSA) is 73.1 Å². The van der Waals surface area contributed by atoms with Crippen LogP contribution < -0.4 is 4.74 Å². The lowest BCUT2D eigenvalue weighted by molar-refractivity contribution is 0.411. The third-order valence-electron chi connectivity index (χ3n) is 3.33. The van der Waals surface area contributed by atoms with Crippen molar-refractivity contribution in [3.05, 3.63) is 53.6 Å².